The van der Waals surface area contributed by atoms with Gasteiger partial charge in [-0.3, -0.25) is 4.68 Å². The fraction of sp³-hybridized carbons (Fsp3) is 0.353. The summed E-state index contributed by atoms with van der Waals surface area (Å²) in [6.07, 6.45) is -4.60. The largest absolute Gasteiger partial charge is 0.476 e. The Hall–Kier alpha value is -3.04. The lowest BCUT2D eigenvalue weighted by atomic mass is 10.1. The number of aromatic carboxylic acids is 1. The molecule has 7 nitrogen and oxygen atoms in total. The van der Waals surface area contributed by atoms with Gasteiger partial charge in [-0.1, -0.05) is 12.1 Å². The highest BCUT2D eigenvalue weighted by Gasteiger charge is 2.30. The van der Waals surface area contributed by atoms with Crippen molar-refractivity contribution in [2.24, 2.45) is 0 Å². The Labute approximate surface area is 151 Å². The Balaban J connectivity index is 1.65. The summed E-state index contributed by atoms with van der Waals surface area (Å²) in [5.74, 6) is -1.16. The normalized spacial score (nSPS) is 14.4. The van der Waals surface area contributed by atoms with Gasteiger partial charge in [-0.15, -0.1) is 0 Å². The molecule has 1 aliphatic heterocycles. The second-order valence-electron chi connectivity index (χ2n) is 6.08. The molecule has 0 fully saturated rings. The van der Waals surface area contributed by atoms with Crippen molar-refractivity contribution in [3.8, 4) is 0 Å². The van der Waals surface area contributed by atoms with E-state index in [1.807, 2.05) is 0 Å². The Morgan fingerprint density at radius 2 is 2.00 bits per heavy atom. The number of halogens is 3. The number of hydrogen-bond donors (Lipinski definition) is 1. The molecule has 0 saturated carbocycles. The molecule has 0 aliphatic carbocycles. The van der Waals surface area contributed by atoms with Crippen molar-refractivity contribution in [2.45, 2.75) is 32.3 Å². The van der Waals surface area contributed by atoms with Crippen LogP contribution in [0.3, 0.4) is 0 Å². The van der Waals surface area contributed by atoms with Crippen LogP contribution in [-0.2, 0) is 30.6 Å². The molecule has 0 bridgehead atoms. The molecule has 1 aromatic carbocycles. The van der Waals surface area contributed by atoms with Crippen molar-refractivity contribution in [1.29, 1.82) is 0 Å². The molecule has 144 valence electrons. The van der Waals surface area contributed by atoms with Gasteiger partial charge < -0.3 is 14.7 Å². The minimum absolute atomic E-state index is 0.107. The van der Waals surface area contributed by atoms with Gasteiger partial charge in [0.05, 0.1) is 17.8 Å². The van der Waals surface area contributed by atoms with Crippen molar-refractivity contribution in [2.75, 3.05) is 6.54 Å². The van der Waals surface area contributed by atoms with Crippen molar-refractivity contribution in [3.63, 3.8) is 0 Å². The molecule has 1 aliphatic rings. The van der Waals surface area contributed by atoms with Gasteiger partial charge >= 0.3 is 18.2 Å². The van der Waals surface area contributed by atoms with Gasteiger partial charge in [0.25, 0.3) is 0 Å². The highest BCUT2D eigenvalue weighted by Crippen LogP contribution is 2.29. The lowest BCUT2D eigenvalue weighted by Gasteiger charge is -2.19. The zero-order valence-electron chi connectivity index (χ0n) is 14.1. The second kappa shape index (κ2) is 7.29. The molecule has 1 amide bonds. The van der Waals surface area contributed by atoms with E-state index in [-0.39, 0.29) is 24.4 Å². The van der Waals surface area contributed by atoms with Crippen LogP contribution in [0, 0.1) is 0 Å². The summed E-state index contributed by atoms with van der Waals surface area (Å²) >= 11 is 0. The average molecular weight is 383 g/mol. The predicted molar refractivity (Wildman–Crippen MR) is 85.8 cm³/mol. The molecule has 0 atom stereocenters. The van der Waals surface area contributed by atoms with Crippen LogP contribution in [0.2, 0.25) is 0 Å². The molecule has 27 heavy (non-hydrogen) atoms. The van der Waals surface area contributed by atoms with Crippen LogP contribution in [0.4, 0.5) is 18.0 Å². The number of benzene rings is 1. The summed E-state index contributed by atoms with van der Waals surface area (Å²) in [5, 5.41) is 13.0. The van der Waals surface area contributed by atoms with E-state index in [1.54, 1.807) is 0 Å². The summed E-state index contributed by atoms with van der Waals surface area (Å²) in [7, 11) is 0. The Bertz CT molecular complexity index is 863. The molecule has 0 spiro atoms. The standard InChI is InChI=1S/C17H16F3N3O4/c18-17(19,20)12-4-1-3-11(7-12)10-27-16(26)22-5-2-6-23-13(9-22)8-14(21-23)15(24)25/h1,3-4,7-8H,2,5-6,9-10H2,(H,24,25). The number of nitrogens with zero attached hydrogens (tertiary/aromatic N) is 3. The monoisotopic (exact) mass is 383 g/mol. The number of hydrogen-bond acceptors (Lipinski definition) is 4. The maximum atomic E-state index is 12.7. The van der Waals surface area contributed by atoms with Crippen LogP contribution >= 0.6 is 0 Å². The average Bonchev–Trinajstić information content (AvgIpc) is 2.91. The number of rotatable bonds is 3. The van der Waals surface area contributed by atoms with Crippen molar-refractivity contribution < 1.29 is 32.6 Å². The lowest BCUT2D eigenvalue weighted by Crippen LogP contribution is -2.31. The predicted octanol–water partition coefficient (Wildman–Crippen LogP) is 3.14. The number of aromatic nitrogens is 2. The zero-order valence-corrected chi connectivity index (χ0v) is 14.1. The SMILES string of the molecule is O=C(O)c1cc2n(n1)CCCN(C(=O)OCc1cccc(C(F)(F)F)c1)C2. The van der Waals surface area contributed by atoms with Gasteiger partial charge in [0, 0.05) is 13.1 Å². The number of carbonyl (C=O) groups excluding carboxylic acids is 1. The molecule has 10 heteroatoms. The quantitative estimate of drug-likeness (QED) is 0.880. The van der Waals surface area contributed by atoms with Crippen LogP contribution in [0.25, 0.3) is 0 Å². The third-order valence-corrected chi connectivity index (χ3v) is 4.11. The summed E-state index contributed by atoms with van der Waals surface area (Å²) in [6, 6.07) is 5.97. The molecular formula is C17H16F3N3O4. The molecule has 2 aromatic rings. The fourth-order valence-corrected chi connectivity index (χ4v) is 2.80. The molecule has 1 N–H and O–H groups in total. The van der Waals surface area contributed by atoms with Crippen LogP contribution in [0.15, 0.2) is 30.3 Å². The van der Waals surface area contributed by atoms with Gasteiger partial charge in [-0.2, -0.15) is 18.3 Å². The minimum atomic E-state index is -4.47. The van der Waals surface area contributed by atoms with Gasteiger partial charge in [0.1, 0.15) is 6.61 Å². The number of fused-ring (bicyclic) bond motifs is 1. The molecular weight excluding hydrogens is 367 g/mol. The number of carbonyl (C=O) groups is 2. The van der Waals surface area contributed by atoms with Crippen molar-refractivity contribution in [3.05, 3.63) is 52.8 Å². The first-order valence-corrected chi connectivity index (χ1v) is 8.12. The highest BCUT2D eigenvalue weighted by molar-refractivity contribution is 5.85. The van der Waals surface area contributed by atoms with E-state index in [4.69, 9.17) is 9.84 Å². The number of carboxylic acids is 1. The van der Waals surface area contributed by atoms with Crippen LogP contribution in [-0.4, -0.2) is 38.4 Å². The van der Waals surface area contributed by atoms with Crippen molar-refractivity contribution in [1.82, 2.24) is 14.7 Å². The number of ether oxygens (including phenoxy) is 1. The smallest absolute Gasteiger partial charge is 0.416 e. The summed E-state index contributed by atoms with van der Waals surface area (Å²) in [4.78, 5) is 24.7. The number of carboxylic acid groups (broad SMARTS) is 1. The van der Waals surface area contributed by atoms with Crippen molar-refractivity contribution >= 4 is 12.1 Å². The van der Waals surface area contributed by atoms with Crippen LogP contribution < -0.4 is 0 Å². The maximum absolute atomic E-state index is 12.7. The van der Waals surface area contributed by atoms with E-state index in [2.05, 4.69) is 5.10 Å². The third kappa shape index (κ3) is 4.39. The number of amides is 1. The van der Waals surface area contributed by atoms with Crippen LogP contribution in [0.1, 0.15) is 33.7 Å². The zero-order chi connectivity index (χ0) is 19.6. The van der Waals surface area contributed by atoms with Gasteiger partial charge in [-0.05, 0) is 30.2 Å². The van der Waals surface area contributed by atoms with Gasteiger partial charge in [0.15, 0.2) is 5.69 Å². The number of aryl methyl sites for hydroxylation is 1. The minimum Gasteiger partial charge on any atom is -0.476 e. The molecule has 2 heterocycles. The van der Waals surface area contributed by atoms with E-state index in [0.29, 0.717) is 25.2 Å². The summed E-state index contributed by atoms with van der Waals surface area (Å²) in [5.41, 5.74) is -0.132. The third-order valence-electron chi connectivity index (χ3n) is 4.11. The molecule has 0 saturated heterocycles. The Morgan fingerprint density at radius 3 is 2.70 bits per heavy atom. The molecule has 0 unspecified atom stereocenters. The maximum Gasteiger partial charge on any atom is 0.416 e. The highest BCUT2D eigenvalue weighted by atomic mass is 19.4. The van der Waals surface area contributed by atoms with E-state index in [0.717, 1.165) is 12.1 Å². The molecule has 1 aromatic heterocycles. The second-order valence-corrected chi connectivity index (χ2v) is 6.08. The van der Waals surface area contributed by atoms with E-state index >= 15 is 0 Å². The topological polar surface area (TPSA) is 84.7 Å². The first kappa shape index (κ1) is 18.7. The first-order chi connectivity index (χ1) is 12.7. The first-order valence-electron chi connectivity index (χ1n) is 8.12. The molecule has 3 rings (SSSR count). The van der Waals surface area contributed by atoms with Gasteiger partial charge in [-0.25, -0.2) is 9.59 Å². The lowest BCUT2D eigenvalue weighted by molar-refractivity contribution is -0.137. The van der Waals surface area contributed by atoms with E-state index in [9.17, 15) is 22.8 Å². The van der Waals surface area contributed by atoms with Gasteiger partial charge in [0.2, 0.25) is 0 Å². The summed E-state index contributed by atoms with van der Waals surface area (Å²) < 4.78 is 44.9. The Kier molecular flexibility index (Phi) is 5.06. The van der Waals surface area contributed by atoms with E-state index in [1.165, 1.54) is 27.8 Å². The fourth-order valence-electron chi connectivity index (χ4n) is 2.80. The summed E-state index contributed by atoms with van der Waals surface area (Å²) in [6.45, 7) is 0.647. The van der Waals surface area contributed by atoms with Crippen LogP contribution in [0.5, 0.6) is 0 Å². The Morgan fingerprint density at radius 1 is 1.22 bits per heavy atom. The molecule has 0 radical (unpaired) electrons. The van der Waals surface area contributed by atoms with E-state index < -0.39 is 23.8 Å². The number of alkyl halides is 3.